The number of carbonyl (C=O) groups excluding carboxylic acids is 1. The van der Waals surface area contributed by atoms with Gasteiger partial charge >= 0.3 is 6.18 Å². The van der Waals surface area contributed by atoms with Gasteiger partial charge in [0.25, 0.3) is 11.8 Å². The monoisotopic (exact) mass is 479 g/mol. The molecule has 0 atom stereocenters. The fourth-order valence-corrected chi connectivity index (χ4v) is 3.98. The molecule has 1 aliphatic rings. The van der Waals surface area contributed by atoms with Gasteiger partial charge in [-0.25, -0.2) is 0 Å². The van der Waals surface area contributed by atoms with Crippen LogP contribution in [0.15, 0.2) is 66.7 Å². The molecule has 0 fully saturated rings. The summed E-state index contributed by atoms with van der Waals surface area (Å²) < 4.78 is 50.5. The molecule has 1 amide bonds. The zero-order valence-electron chi connectivity index (χ0n) is 18.4. The molecule has 6 nitrogen and oxygen atoms in total. The van der Waals surface area contributed by atoms with Gasteiger partial charge in [0.2, 0.25) is 0 Å². The van der Waals surface area contributed by atoms with Gasteiger partial charge < -0.3 is 14.8 Å². The molecule has 0 aliphatic carbocycles. The third kappa shape index (κ3) is 4.89. The van der Waals surface area contributed by atoms with Gasteiger partial charge in [-0.15, -0.1) is 10.2 Å². The number of alkyl halides is 3. The maximum atomic E-state index is 13.2. The SMILES string of the molecule is O=C(NCCc1ccc2c(c1)CCO2)c1c(Oc2cccc(C(F)(F)F)c2)nnc2ccccc12. The fourth-order valence-electron chi connectivity index (χ4n) is 3.98. The average Bonchev–Trinajstić information content (AvgIpc) is 3.31. The number of amides is 1. The van der Waals surface area contributed by atoms with Crippen LogP contribution in [0.2, 0.25) is 0 Å². The number of aromatic nitrogens is 2. The molecular weight excluding hydrogens is 459 g/mol. The number of halogens is 3. The van der Waals surface area contributed by atoms with E-state index in [2.05, 4.69) is 21.6 Å². The highest BCUT2D eigenvalue weighted by atomic mass is 19.4. The van der Waals surface area contributed by atoms with Gasteiger partial charge in [-0.05, 0) is 47.9 Å². The summed E-state index contributed by atoms with van der Waals surface area (Å²) >= 11 is 0. The average molecular weight is 479 g/mol. The molecule has 4 aromatic rings. The van der Waals surface area contributed by atoms with E-state index in [1.54, 1.807) is 24.3 Å². The minimum atomic E-state index is -4.53. The van der Waals surface area contributed by atoms with E-state index in [-0.39, 0.29) is 17.2 Å². The van der Waals surface area contributed by atoms with Gasteiger partial charge in [0.15, 0.2) is 0 Å². The Kier molecular flexibility index (Phi) is 5.98. The Morgan fingerprint density at radius 3 is 2.74 bits per heavy atom. The van der Waals surface area contributed by atoms with E-state index >= 15 is 0 Å². The van der Waals surface area contributed by atoms with Crippen molar-refractivity contribution in [2.75, 3.05) is 13.2 Å². The lowest BCUT2D eigenvalue weighted by atomic mass is 10.1. The van der Waals surface area contributed by atoms with Crippen LogP contribution >= 0.6 is 0 Å². The minimum Gasteiger partial charge on any atom is -0.493 e. The fraction of sp³-hybridized carbons (Fsp3) is 0.192. The van der Waals surface area contributed by atoms with Crippen LogP contribution in [-0.2, 0) is 19.0 Å². The molecule has 1 N–H and O–H groups in total. The van der Waals surface area contributed by atoms with Crippen LogP contribution in [0.3, 0.4) is 0 Å². The van der Waals surface area contributed by atoms with Crippen molar-refractivity contribution in [3.63, 3.8) is 0 Å². The number of rotatable bonds is 6. The summed E-state index contributed by atoms with van der Waals surface area (Å²) in [6.45, 7) is 1.02. The molecule has 3 aromatic carbocycles. The third-order valence-electron chi connectivity index (χ3n) is 5.69. The Morgan fingerprint density at radius 1 is 1.03 bits per heavy atom. The highest BCUT2D eigenvalue weighted by Gasteiger charge is 2.31. The predicted octanol–water partition coefficient (Wildman–Crippen LogP) is 5.35. The molecule has 0 saturated carbocycles. The highest BCUT2D eigenvalue weighted by molar-refractivity contribution is 6.07. The summed E-state index contributed by atoms with van der Waals surface area (Å²) in [6, 6.07) is 17.2. The van der Waals surface area contributed by atoms with Gasteiger partial charge in [0.05, 0.1) is 17.7 Å². The molecule has 0 bridgehead atoms. The first-order chi connectivity index (χ1) is 16.9. The topological polar surface area (TPSA) is 73.3 Å². The van der Waals surface area contributed by atoms with Gasteiger partial charge in [-0.2, -0.15) is 13.2 Å². The normalized spacial score (nSPS) is 12.8. The largest absolute Gasteiger partial charge is 0.493 e. The smallest absolute Gasteiger partial charge is 0.416 e. The zero-order chi connectivity index (χ0) is 24.4. The number of ether oxygens (including phenoxy) is 2. The number of benzene rings is 3. The maximum Gasteiger partial charge on any atom is 0.416 e. The zero-order valence-corrected chi connectivity index (χ0v) is 18.4. The Labute approximate surface area is 198 Å². The first kappa shape index (κ1) is 22.6. The highest BCUT2D eigenvalue weighted by Crippen LogP contribution is 2.34. The van der Waals surface area contributed by atoms with Crippen molar-refractivity contribution in [3.8, 4) is 17.4 Å². The molecule has 35 heavy (non-hydrogen) atoms. The van der Waals surface area contributed by atoms with E-state index in [4.69, 9.17) is 9.47 Å². The molecule has 1 aromatic heterocycles. The molecule has 9 heteroatoms. The van der Waals surface area contributed by atoms with Crippen LogP contribution in [0.1, 0.15) is 27.0 Å². The molecule has 0 radical (unpaired) electrons. The van der Waals surface area contributed by atoms with Crippen molar-refractivity contribution in [3.05, 3.63) is 89.0 Å². The Bertz CT molecular complexity index is 1410. The number of nitrogens with zero attached hydrogens (tertiary/aromatic N) is 2. The summed E-state index contributed by atoms with van der Waals surface area (Å²) in [4.78, 5) is 13.2. The van der Waals surface area contributed by atoms with E-state index in [0.717, 1.165) is 35.4 Å². The first-order valence-electron chi connectivity index (χ1n) is 11.0. The maximum absolute atomic E-state index is 13.2. The van der Waals surface area contributed by atoms with E-state index in [1.807, 2.05) is 12.1 Å². The van der Waals surface area contributed by atoms with E-state index < -0.39 is 17.6 Å². The van der Waals surface area contributed by atoms with E-state index in [0.29, 0.717) is 30.5 Å². The quantitative estimate of drug-likeness (QED) is 0.404. The van der Waals surface area contributed by atoms with Crippen LogP contribution in [0.25, 0.3) is 10.9 Å². The second-order valence-corrected chi connectivity index (χ2v) is 8.07. The standard InChI is InChI=1S/C26H20F3N3O3/c27-26(28,29)18-4-3-5-19(15-18)35-25-23(20-6-1-2-7-21(20)31-32-25)24(33)30-12-10-16-8-9-22-17(14-16)11-13-34-22/h1-9,14-15H,10-13H2,(H,30,33). The Balaban J connectivity index is 1.39. The number of carbonyl (C=O) groups is 1. The molecule has 1 aliphatic heterocycles. The van der Waals surface area contributed by atoms with Gasteiger partial charge in [0, 0.05) is 18.4 Å². The second kappa shape index (κ2) is 9.25. The van der Waals surface area contributed by atoms with Crippen LogP contribution in [-0.4, -0.2) is 29.3 Å². The summed E-state index contributed by atoms with van der Waals surface area (Å²) in [5.74, 6) is 0.167. The van der Waals surface area contributed by atoms with Crippen molar-refractivity contribution in [2.45, 2.75) is 19.0 Å². The van der Waals surface area contributed by atoms with Crippen molar-refractivity contribution in [2.24, 2.45) is 0 Å². The molecular formula is C26H20F3N3O3. The van der Waals surface area contributed by atoms with Gasteiger partial charge in [-0.1, -0.05) is 36.4 Å². The van der Waals surface area contributed by atoms with Gasteiger partial charge in [-0.3, -0.25) is 4.79 Å². The predicted molar refractivity (Wildman–Crippen MR) is 123 cm³/mol. The van der Waals surface area contributed by atoms with Crippen molar-refractivity contribution < 1.29 is 27.4 Å². The Morgan fingerprint density at radius 2 is 1.89 bits per heavy atom. The number of fused-ring (bicyclic) bond motifs is 2. The summed E-state index contributed by atoms with van der Waals surface area (Å²) in [7, 11) is 0. The lowest BCUT2D eigenvalue weighted by molar-refractivity contribution is -0.137. The Hall–Kier alpha value is -4.14. The number of nitrogens with one attached hydrogen (secondary N) is 1. The number of hydrogen-bond donors (Lipinski definition) is 1. The third-order valence-corrected chi connectivity index (χ3v) is 5.69. The molecule has 2 heterocycles. The summed E-state index contributed by atoms with van der Waals surface area (Å²) in [5, 5.41) is 11.4. The second-order valence-electron chi connectivity index (χ2n) is 8.07. The van der Waals surface area contributed by atoms with E-state index in [9.17, 15) is 18.0 Å². The summed E-state index contributed by atoms with van der Waals surface area (Å²) in [5.41, 5.74) is 1.92. The summed E-state index contributed by atoms with van der Waals surface area (Å²) in [6.07, 6.45) is -3.07. The molecule has 0 saturated heterocycles. The molecule has 5 rings (SSSR count). The molecule has 178 valence electrons. The van der Waals surface area contributed by atoms with Crippen molar-refractivity contribution >= 4 is 16.8 Å². The van der Waals surface area contributed by atoms with Crippen LogP contribution in [0.5, 0.6) is 17.4 Å². The van der Waals surface area contributed by atoms with Crippen molar-refractivity contribution in [1.29, 1.82) is 0 Å². The lowest BCUT2D eigenvalue weighted by Gasteiger charge is -2.13. The minimum absolute atomic E-state index is 0.0983. The molecule has 0 spiro atoms. The van der Waals surface area contributed by atoms with E-state index in [1.165, 1.54) is 12.1 Å². The van der Waals surface area contributed by atoms with Crippen LogP contribution in [0, 0.1) is 0 Å². The van der Waals surface area contributed by atoms with Crippen LogP contribution < -0.4 is 14.8 Å². The van der Waals surface area contributed by atoms with Gasteiger partial charge in [0.1, 0.15) is 17.1 Å². The van der Waals surface area contributed by atoms with Crippen LogP contribution in [0.4, 0.5) is 13.2 Å². The molecule has 0 unspecified atom stereocenters. The number of hydrogen-bond acceptors (Lipinski definition) is 5. The first-order valence-corrected chi connectivity index (χ1v) is 11.0. The van der Waals surface area contributed by atoms with Crippen molar-refractivity contribution in [1.82, 2.24) is 15.5 Å². The lowest BCUT2D eigenvalue weighted by Crippen LogP contribution is -2.26.